The summed E-state index contributed by atoms with van der Waals surface area (Å²) in [6.07, 6.45) is 8.65. The molecule has 0 spiro atoms. The zero-order chi connectivity index (χ0) is 18.6. The van der Waals surface area contributed by atoms with Gasteiger partial charge in [-0.2, -0.15) is 0 Å². The van der Waals surface area contributed by atoms with Gasteiger partial charge >= 0.3 is 0 Å². The Balaban J connectivity index is 1.33. The molecule has 3 fully saturated rings. The Morgan fingerprint density at radius 3 is 2.52 bits per heavy atom. The first-order chi connectivity index (χ1) is 13.2. The first-order valence-electron chi connectivity index (χ1n) is 10.7. The van der Waals surface area contributed by atoms with Crippen molar-refractivity contribution in [3.05, 3.63) is 30.1 Å². The highest BCUT2D eigenvalue weighted by atomic mass is 19.1. The van der Waals surface area contributed by atoms with Crippen molar-refractivity contribution in [2.24, 2.45) is 5.92 Å². The van der Waals surface area contributed by atoms with Crippen LogP contribution in [0, 0.1) is 11.7 Å². The first kappa shape index (κ1) is 18.7. The van der Waals surface area contributed by atoms with Crippen molar-refractivity contribution in [2.45, 2.75) is 51.0 Å². The van der Waals surface area contributed by atoms with E-state index in [1.807, 2.05) is 12.1 Å². The van der Waals surface area contributed by atoms with Crippen molar-refractivity contribution >= 4 is 11.6 Å². The molecule has 0 aromatic heterocycles. The zero-order valence-electron chi connectivity index (χ0n) is 16.3. The second-order valence-corrected chi connectivity index (χ2v) is 8.43. The predicted octanol–water partition coefficient (Wildman–Crippen LogP) is 3.52. The number of hydrogen-bond acceptors (Lipinski definition) is 3. The molecule has 4 rings (SSSR count). The number of carbonyl (C=O) groups excluding carboxylic acids is 1. The predicted molar refractivity (Wildman–Crippen MR) is 106 cm³/mol. The van der Waals surface area contributed by atoms with Gasteiger partial charge in [0.25, 0.3) is 0 Å². The van der Waals surface area contributed by atoms with Crippen molar-refractivity contribution < 1.29 is 9.18 Å². The Bertz CT molecular complexity index is 633. The van der Waals surface area contributed by atoms with E-state index in [1.54, 1.807) is 0 Å². The fraction of sp³-hybridized carbons (Fsp3) is 0.682. The monoisotopic (exact) mass is 373 g/mol. The van der Waals surface area contributed by atoms with E-state index in [0.29, 0.717) is 18.5 Å². The third-order valence-electron chi connectivity index (χ3n) is 6.70. The number of fused-ring (bicyclic) bond motifs is 1. The Labute approximate surface area is 162 Å². The van der Waals surface area contributed by atoms with E-state index in [1.165, 1.54) is 50.7 Å². The van der Waals surface area contributed by atoms with Gasteiger partial charge in [0.2, 0.25) is 5.91 Å². The highest BCUT2D eigenvalue weighted by molar-refractivity contribution is 5.78. The summed E-state index contributed by atoms with van der Waals surface area (Å²) in [5, 5.41) is 0. The summed E-state index contributed by atoms with van der Waals surface area (Å²) in [6, 6.07) is 7.26. The quantitative estimate of drug-likeness (QED) is 0.811. The number of piperidine rings is 1. The Morgan fingerprint density at radius 1 is 0.889 bits per heavy atom. The summed E-state index contributed by atoms with van der Waals surface area (Å²) in [5.41, 5.74) is 1.07. The maximum atomic E-state index is 13.2. The van der Waals surface area contributed by atoms with Gasteiger partial charge in [-0.05, 0) is 62.3 Å². The molecule has 1 saturated carbocycles. The fourth-order valence-corrected chi connectivity index (χ4v) is 5.26. The van der Waals surface area contributed by atoms with Crippen LogP contribution in [0.3, 0.4) is 0 Å². The lowest BCUT2D eigenvalue weighted by molar-refractivity contribution is -0.138. The lowest BCUT2D eigenvalue weighted by atomic mass is 9.78. The van der Waals surface area contributed by atoms with Crippen molar-refractivity contribution in [1.29, 1.82) is 0 Å². The third-order valence-corrected chi connectivity index (χ3v) is 6.70. The fourth-order valence-electron chi connectivity index (χ4n) is 5.26. The standard InChI is InChI=1S/C22H32FN3O/c23-19-8-10-20(11-9-19)25-13-4-12-24(15-16-25)17-22(27)26-14-3-6-18-5-1-2-7-21(18)26/h8-11,18,21H,1-7,12-17H2. The molecule has 1 aliphatic carbocycles. The average Bonchev–Trinajstić information content (AvgIpc) is 2.94. The number of nitrogens with zero attached hydrogens (tertiary/aromatic N) is 3. The van der Waals surface area contributed by atoms with Gasteiger partial charge in [0, 0.05) is 44.5 Å². The molecule has 4 nitrogen and oxygen atoms in total. The lowest BCUT2D eigenvalue weighted by Crippen LogP contribution is -2.52. The molecular formula is C22H32FN3O. The first-order valence-corrected chi connectivity index (χ1v) is 10.7. The van der Waals surface area contributed by atoms with Crippen LogP contribution in [0.5, 0.6) is 0 Å². The minimum atomic E-state index is -0.191. The van der Waals surface area contributed by atoms with Crippen LogP contribution in [-0.2, 0) is 4.79 Å². The number of benzene rings is 1. The Hall–Kier alpha value is -1.62. The van der Waals surface area contributed by atoms with Gasteiger partial charge in [0.05, 0.1) is 6.54 Å². The van der Waals surface area contributed by atoms with E-state index in [-0.39, 0.29) is 5.82 Å². The van der Waals surface area contributed by atoms with Gasteiger partial charge < -0.3 is 9.80 Å². The molecular weight excluding hydrogens is 341 g/mol. The summed E-state index contributed by atoms with van der Waals surface area (Å²) in [7, 11) is 0. The summed E-state index contributed by atoms with van der Waals surface area (Å²) < 4.78 is 13.2. The van der Waals surface area contributed by atoms with Crippen LogP contribution in [0.4, 0.5) is 10.1 Å². The molecule has 27 heavy (non-hydrogen) atoms. The van der Waals surface area contributed by atoms with Crippen LogP contribution >= 0.6 is 0 Å². The van der Waals surface area contributed by atoms with Crippen LogP contribution in [-0.4, -0.2) is 61.0 Å². The van der Waals surface area contributed by atoms with Gasteiger partial charge in [0.15, 0.2) is 0 Å². The maximum absolute atomic E-state index is 13.2. The van der Waals surface area contributed by atoms with Gasteiger partial charge in [-0.3, -0.25) is 9.69 Å². The zero-order valence-corrected chi connectivity index (χ0v) is 16.3. The molecule has 2 aliphatic heterocycles. The molecule has 2 unspecified atom stereocenters. The minimum absolute atomic E-state index is 0.191. The van der Waals surface area contributed by atoms with Crippen molar-refractivity contribution in [2.75, 3.05) is 44.2 Å². The Morgan fingerprint density at radius 2 is 1.67 bits per heavy atom. The number of carbonyl (C=O) groups is 1. The molecule has 1 aromatic rings. The normalized spacial score (nSPS) is 27.1. The minimum Gasteiger partial charge on any atom is -0.370 e. The summed E-state index contributed by atoms with van der Waals surface area (Å²) >= 11 is 0. The molecule has 2 saturated heterocycles. The smallest absolute Gasteiger partial charge is 0.237 e. The van der Waals surface area contributed by atoms with E-state index in [2.05, 4.69) is 14.7 Å². The molecule has 1 amide bonds. The van der Waals surface area contributed by atoms with E-state index in [4.69, 9.17) is 0 Å². The number of amides is 1. The van der Waals surface area contributed by atoms with Crippen LogP contribution in [0.15, 0.2) is 24.3 Å². The van der Waals surface area contributed by atoms with Crippen LogP contribution < -0.4 is 4.90 Å². The van der Waals surface area contributed by atoms with Crippen molar-refractivity contribution in [3.63, 3.8) is 0 Å². The second-order valence-electron chi connectivity index (χ2n) is 8.43. The molecule has 0 radical (unpaired) electrons. The van der Waals surface area contributed by atoms with Gasteiger partial charge in [-0.1, -0.05) is 12.8 Å². The molecule has 1 aromatic carbocycles. The molecule has 0 N–H and O–H groups in total. The maximum Gasteiger partial charge on any atom is 0.237 e. The van der Waals surface area contributed by atoms with E-state index in [9.17, 15) is 9.18 Å². The van der Waals surface area contributed by atoms with Crippen molar-refractivity contribution in [3.8, 4) is 0 Å². The Kier molecular flexibility index (Phi) is 5.96. The van der Waals surface area contributed by atoms with E-state index >= 15 is 0 Å². The van der Waals surface area contributed by atoms with E-state index < -0.39 is 0 Å². The highest BCUT2D eigenvalue weighted by Crippen LogP contribution is 2.35. The second kappa shape index (κ2) is 8.59. The largest absolute Gasteiger partial charge is 0.370 e. The van der Waals surface area contributed by atoms with Gasteiger partial charge in [-0.15, -0.1) is 0 Å². The molecule has 0 bridgehead atoms. The van der Waals surface area contributed by atoms with Crippen LogP contribution in [0.25, 0.3) is 0 Å². The number of halogens is 1. The van der Waals surface area contributed by atoms with Gasteiger partial charge in [0.1, 0.15) is 5.82 Å². The summed E-state index contributed by atoms with van der Waals surface area (Å²) in [5.74, 6) is 0.889. The van der Waals surface area contributed by atoms with Crippen molar-refractivity contribution in [1.82, 2.24) is 9.80 Å². The third kappa shape index (κ3) is 4.45. The molecule has 3 aliphatic rings. The highest BCUT2D eigenvalue weighted by Gasteiger charge is 2.36. The number of rotatable bonds is 3. The SMILES string of the molecule is O=C(CN1CCCN(c2ccc(F)cc2)CC1)N1CCCC2CCCCC21. The van der Waals surface area contributed by atoms with Crippen LogP contribution in [0.2, 0.25) is 0 Å². The summed E-state index contributed by atoms with van der Waals surface area (Å²) in [4.78, 5) is 19.9. The average molecular weight is 374 g/mol. The number of hydrogen-bond donors (Lipinski definition) is 0. The molecule has 2 heterocycles. The van der Waals surface area contributed by atoms with Gasteiger partial charge in [-0.25, -0.2) is 4.39 Å². The number of likely N-dealkylation sites (tertiary alicyclic amines) is 1. The number of anilines is 1. The molecule has 2 atom stereocenters. The molecule has 5 heteroatoms. The van der Waals surface area contributed by atoms with Crippen LogP contribution in [0.1, 0.15) is 44.9 Å². The molecule has 148 valence electrons. The lowest BCUT2D eigenvalue weighted by Gasteiger charge is -2.44. The summed E-state index contributed by atoms with van der Waals surface area (Å²) in [6.45, 7) is 5.22. The topological polar surface area (TPSA) is 26.8 Å². The van der Waals surface area contributed by atoms with E-state index in [0.717, 1.165) is 50.7 Å².